The molecule has 3 heteroatoms. The second kappa shape index (κ2) is 7.18. The number of ether oxygens (including phenoxy) is 2. The lowest BCUT2D eigenvalue weighted by atomic mass is 9.56. The van der Waals surface area contributed by atoms with Crippen LogP contribution in [0.1, 0.15) is 83.4 Å². The molecule has 0 bridgehead atoms. The molecule has 0 saturated carbocycles. The summed E-state index contributed by atoms with van der Waals surface area (Å²) in [6, 6.07) is 4.88. The first-order valence-electron chi connectivity index (χ1n) is 11.3. The van der Waals surface area contributed by atoms with Gasteiger partial charge in [-0.15, -0.1) is 0 Å². The summed E-state index contributed by atoms with van der Waals surface area (Å²) in [7, 11) is 1.82. The zero-order chi connectivity index (χ0) is 21.0. The number of hydrogen-bond acceptors (Lipinski definition) is 3. The fraction of sp³-hybridized carbons (Fsp3) is 0.654. The van der Waals surface area contributed by atoms with Crippen molar-refractivity contribution in [1.82, 2.24) is 0 Å². The number of allylic oxidation sites excluding steroid dienone is 2. The molecule has 2 aliphatic carbocycles. The van der Waals surface area contributed by atoms with Crippen LogP contribution in [-0.2, 0) is 16.6 Å². The average Bonchev–Trinajstić information content (AvgIpc) is 3.18. The van der Waals surface area contributed by atoms with Crippen molar-refractivity contribution in [3.05, 3.63) is 40.5 Å². The van der Waals surface area contributed by atoms with Gasteiger partial charge in [0.25, 0.3) is 0 Å². The van der Waals surface area contributed by atoms with E-state index >= 15 is 0 Å². The van der Waals surface area contributed by atoms with Crippen LogP contribution < -0.4 is 4.74 Å². The summed E-state index contributed by atoms with van der Waals surface area (Å²) in [6.45, 7) is 14.3. The highest BCUT2D eigenvalue weighted by Gasteiger charge is 2.53. The van der Waals surface area contributed by atoms with E-state index in [1.165, 1.54) is 22.3 Å². The van der Waals surface area contributed by atoms with Crippen molar-refractivity contribution in [2.24, 2.45) is 16.3 Å². The molecule has 158 valence electrons. The molecule has 1 aliphatic heterocycles. The van der Waals surface area contributed by atoms with Gasteiger partial charge in [0.15, 0.2) is 5.90 Å². The van der Waals surface area contributed by atoms with E-state index in [1.54, 1.807) is 0 Å². The minimum atomic E-state index is -0.144. The Morgan fingerprint density at radius 2 is 2.00 bits per heavy atom. The van der Waals surface area contributed by atoms with E-state index in [1.807, 2.05) is 7.11 Å². The number of rotatable bonds is 3. The Balaban J connectivity index is 1.92. The highest BCUT2D eigenvalue weighted by Crippen LogP contribution is 2.55. The maximum absolute atomic E-state index is 6.43. The molecular formula is C26H37NO2. The second-order valence-corrected chi connectivity index (χ2v) is 10.5. The van der Waals surface area contributed by atoms with E-state index in [0.29, 0.717) is 18.4 Å². The SMILES string of the molecule is COc1c(C(C)C)ccc2c1CC[C@@H]1C(C)=CCC[C@@]21C1=N[C@@H](C(C)(C)C)CO1. The molecule has 3 aliphatic rings. The number of benzene rings is 1. The molecule has 3 nitrogen and oxygen atoms in total. The molecule has 0 radical (unpaired) electrons. The Hall–Kier alpha value is -1.77. The van der Waals surface area contributed by atoms with Crippen LogP contribution in [0, 0.1) is 11.3 Å². The first-order chi connectivity index (χ1) is 13.7. The van der Waals surface area contributed by atoms with Gasteiger partial charge in [0, 0.05) is 0 Å². The largest absolute Gasteiger partial charge is 0.496 e. The third-order valence-electron chi connectivity index (χ3n) is 7.46. The molecule has 29 heavy (non-hydrogen) atoms. The van der Waals surface area contributed by atoms with Gasteiger partial charge in [0.2, 0.25) is 0 Å². The number of hydrogen-bond donors (Lipinski definition) is 0. The fourth-order valence-electron chi connectivity index (χ4n) is 5.76. The zero-order valence-electron chi connectivity index (χ0n) is 19.3. The summed E-state index contributed by atoms with van der Waals surface area (Å²) < 4.78 is 12.4. The summed E-state index contributed by atoms with van der Waals surface area (Å²) in [5.41, 5.74) is 5.56. The van der Waals surface area contributed by atoms with Gasteiger partial charge in [0.05, 0.1) is 18.6 Å². The smallest absolute Gasteiger partial charge is 0.195 e. The summed E-state index contributed by atoms with van der Waals surface area (Å²) >= 11 is 0. The Labute approximate surface area is 176 Å². The zero-order valence-corrected chi connectivity index (χ0v) is 19.3. The van der Waals surface area contributed by atoms with Crippen molar-refractivity contribution in [3.8, 4) is 5.75 Å². The van der Waals surface area contributed by atoms with Gasteiger partial charge in [0.1, 0.15) is 12.4 Å². The first-order valence-corrected chi connectivity index (χ1v) is 11.3. The number of aliphatic imine (C=N–C) groups is 1. The highest BCUT2D eigenvalue weighted by atomic mass is 16.5. The summed E-state index contributed by atoms with van der Waals surface area (Å²) in [5.74, 6) is 2.99. The standard InChI is InChI=1S/C26H37NO2/c1-16(2)18-10-13-21-19(23(18)28-7)11-12-20-17(3)9-8-14-26(20,21)24-27-22(15-29-24)25(4,5)6/h9-10,13,16,20,22H,8,11-12,14-15H2,1-7H3/t20-,22-,26+/m1/s1. The van der Waals surface area contributed by atoms with Gasteiger partial charge >= 0.3 is 0 Å². The second-order valence-electron chi connectivity index (χ2n) is 10.5. The summed E-state index contributed by atoms with van der Waals surface area (Å²) in [4.78, 5) is 5.23. The van der Waals surface area contributed by atoms with E-state index in [9.17, 15) is 0 Å². The lowest BCUT2D eigenvalue weighted by Gasteiger charge is -2.48. The van der Waals surface area contributed by atoms with Gasteiger partial charge < -0.3 is 9.47 Å². The molecule has 0 unspecified atom stereocenters. The predicted octanol–water partition coefficient (Wildman–Crippen LogP) is 6.20. The Kier molecular flexibility index (Phi) is 5.07. The molecule has 0 aromatic heterocycles. The van der Waals surface area contributed by atoms with Gasteiger partial charge in [-0.3, -0.25) is 0 Å². The predicted molar refractivity (Wildman–Crippen MR) is 120 cm³/mol. The maximum atomic E-state index is 6.43. The topological polar surface area (TPSA) is 30.8 Å². The van der Waals surface area contributed by atoms with Crippen LogP contribution in [0.3, 0.4) is 0 Å². The Morgan fingerprint density at radius 3 is 2.62 bits per heavy atom. The van der Waals surface area contributed by atoms with Gasteiger partial charge in [-0.05, 0) is 66.5 Å². The Morgan fingerprint density at radius 1 is 1.24 bits per heavy atom. The van der Waals surface area contributed by atoms with Crippen molar-refractivity contribution in [1.29, 1.82) is 0 Å². The van der Waals surface area contributed by atoms with Crippen molar-refractivity contribution >= 4 is 5.90 Å². The number of methoxy groups -OCH3 is 1. The fourth-order valence-corrected chi connectivity index (χ4v) is 5.76. The molecule has 4 rings (SSSR count). The quantitative estimate of drug-likeness (QED) is 0.570. The molecule has 3 atom stereocenters. The van der Waals surface area contributed by atoms with Crippen LogP contribution in [0.5, 0.6) is 5.75 Å². The van der Waals surface area contributed by atoms with Crippen molar-refractivity contribution < 1.29 is 9.47 Å². The monoisotopic (exact) mass is 395 g/mol. The van der Waals surface area contributed by atoms with Crippen LogP contribution in [0.15, 0.2) is 28.8 Å². The molecular weight excluding hydrogens is 358 g/mol. The average molecular weight is 396 g/mol. The van der Waals surface area contributed by atoms with Crippen molar-refractivity contribution in [2.45, 2.75) is 84.6 Å². The van der Waals surface area contributed by atoms with Crippen LogP contribution >= 0.6 is 0 Å². The third-order valence-corrected chi connectivity index (χ3v) is 7.46. The number of nitrogens with zero attached hydrogens (tertiary/aromatic N) is 1. The van der Waals surface area contributed by atoms with Crippen LogP contribution in [-0.4, -0.2) is 25.7 Å². The lowest BCUT2D eigenvalue weighted by Crippen LogP contribution is -2.48. The van der Waals surface area contributed by atoms with Crippen molar-refractivity contribution in [2.75, 3.05) is 13.7 Å². The van der Waals surface area contributed by atoms with Gasteiger partial charge in [-0.1, -0.05) is 58.4 Å². The molecule has 0 N–H and O–H groups in total. The normalized spacial score (nSPS) is 29.0. The van der Waals surface area contributed by atoms with Crippen LogP contribution in [0.25, 0.3) is 0 Å². The summed E-state index contributed by atoms with van der Waals surface area (Å²) in [5, 5.41) is 0. The van der Waals surface area contributed by atoms with Crippen LogP contribution in [0.2, 0.25) is 0 Å². The maximum Gasteiger partial charge on any atom is 0.195 e. The molecule has 0 saturated heterocycles. The molecule has 0 amide bonds. The lowest BCUT2D eigenvalue weighted by molar-refractivity contribution is 0.207. The third kappa shape index (κ3) is 3.12. The minimum absolute atomic E-state index is 0.115. The molecule has 1 aromatic rings. The van der Waals surface area contributed by atoms with E-state index in [-0.39, 0.29) is 16.9 Å². The molecule has 0 fully saturated rings. The van der Waals surface area contributed by atoms with Crippen LogP contribution in [0.4, 0.5) is 0 Å². The van der Waals surface area contributed by atoms with E-state index < -0.39 is 0 Å². The highest BCUT2D eigenvalue weighted by molar-refractivity contribution is 5.92. The van der Waals surface area contributed by atoms with E-state index in [0.717, 1.165) is 37.3 Å². The van der Waals surface area contributed by atoms with E-state index in [2.05, 4.69) is 59.8 Å². The Bertz CT molecular complexity index is 858. The minimum Gasteiger partial charge on any atom is -0.496 e. The molecule has 0 spiro atoms. The summed E-state index contributed by atoms with van der Waals surface area (Å²) in [6.07, 6.45) is 6.79. The number of fused-ring (bicyclic) bond motifs is 3. The van der Waals surface area contributed by atoms with E-state index in [4.69, 9.17) is 14.5 Å². The molecule has 1 aromatic carbocycles. The molecule has 1 heterocycles. The first kappa shape index (κ1) is 20.5. The van der Waals surface area contributed by atoms with Gasteiger partial charge in [-0.2, -0.15) is 0 Å². The van der Waals surface area contributed by atoms with Gasteiger partial charge in [-0.25, -0.2) is 4.99 Å². The van der Waals surface area contributed by atoms with Crippen molar-refractivity contribution in [3.63, 3.8) is 0 Å².